The molecule has 2 N–H and O–H groups in total. The fourth-order valence-corrected chi connectivity index (χ4v) is 1.41. The number of non-ortho nitro benzene ring substituents is 1. The van der Waals surface area contributed by atoms with Crippen LogP contribution in [0.3, 0.4) is 0 Å². The third kappa shape index (κ3) is 2.92. The summed E-state index contributed by atoms with van der Waals surface area (Å²) < 4.78 is 9.97. The minimum atomic E-state index is -0.647. The number of nitrogens with zero attached hydrogens (tertiary/aromatic N) is 1. The van der Waals surface area contributed by atoms with Gasteiger partial charge in [0, 0.05) is 6.07 Å². The van der Waals surface area contributed by atoms with Gasteiger partial charge in [-0.25, -0.2) is 0 Å². The van der Waals surface area contributed by atoms with E-state index < -0.39 is 16.6 Å². The smallest absolute Gasteiger partial charge is 0.294 e. The Labute approximate surface area is 107 Å². The Morgan fingerprint density at radius 3 is 2.79 bits per heavy atom. The average molecular weight is 266 g/mol. The minimum Gasteiger partial charge on any atom is -0.506 e. The van der Waals surface area contributed by atoms with Gasteiger partial charge >= 0.3 is 0 Å². The molecule has 0 fully saturated rings. The summed E-state index contributed by atoms with van der Waals surface area (Å²) in [6.07, 6.45) is 1.17. The van der Waals surface area contributed by atoms with Gasteiger partial charge in [-0.1, -0.05) is 0 Å². The van der Waals surface area contributed by atoms with Crippen LogP contribution in [-0.2, 0) is 14.3 Å². The molecule has 0 atom stereocenters. The zero-order valence-electron chi connectivity index (χ0n) is 9.66. The van der Waals surface area contributed by atoms with Crippen LogP contribution in [0.1, 0.15) is 0 Å². The van der Waals surface area contributed by atoms with E-state index in [4.69, 9.17) is 9.47 Å². The van der Waals surface area contributed by atoms with Crippen LogP contribution < -0.4 is 5.32 Å². The Morgan fingerprint density at radius 1 is 1.42 bits per heavy atom. The van der Waals surface area contributed by atoms with Crippen molar-refractivity contribution >= 4 is 17.3 Å². The van der Waals surface area contributed by atoms with Crippen molar-refractivity contribution in [2.75, 3.05) is 18.5 Å². The summed E-state index contributed by atoms with van der Waals surface area (Å²) in [4.78, 5) is 21.6. The molecule has 0 aromatic heterocycles. The van der Waals surface area contributed by atoms with E-state index in [1.54, 1.807) is 0 Å². The highest BCUT2D eigenvalue weighted by Gasteiger charge is 2.17. The lowest BCUT2D eigenvalue weighted by Crippen LogP contribution is -2.21. The summed E-state index contributed by atoms with van der Waals surface area (Å²) in [7, 11) is 0. The lowest BCUT2D eigenvalue weighted by atomic mass is 10.2. The molecule has 100 valence electrons. The van der Waals surface area contributed by atoms with Gasteiger partial charge in [0.2, 0.25) is 5.76 Å². The molecule has 19 heavy (non-hydrogen) atoms. The zero-order valence-corrected chi connectivity index (χ0v) is 9.66. The number of phenols is 1. The molecule has 1 aromatic rings. The third-order valence-corrected chi connectivity index (χ3v) is 2.31. The number of nitro groups is 1. The molecule has 1 amide bonds. The number of ether oxygens (including phenoxy) is 2. The van der Waals surface area contributed by atoms with Crippen LogP contribution in [-0.4, -0.2) is 29.2 Å². The Hall–Kier alpha value is -2.77. The van der Waals surface area contributed by atoms with E-state index in [2.05, 4.69) is 5.32 Å². The first-order valence-corrected chi connectivity index (χ1v) is 5.31. The number of phenolic OH excluding ortho intramolecular Hbond substituents is 1. The Kier molecular flexibility index (Phi) is 3.51. The second kappa shape index (κ2) is 5.25. The molecule has 1 aliphatic rings. The first kappa shape index (κ1) is 12.7. The molecule has 0 spiro atoms. The van der Waals surface area contributed by atoms with Crippen LogP contribution in [0.15, 0.2) is 30.2 Å². The van der Waals surface area contributed by atoms with Crippen molar-refractivity contribution in [2.45, 2.75) is 0 Å². The first-order valence-electron chi connectivity index (χ1n) is 5.31. The maximum Gasteiger partial charge on any atom is 0.294 e. The molecule has 0 unspecified atom stereocenters. The van der Waals surface area contributed by atoms with Crippen molar-refractivity contribution in [3.05, 3.63) is 40.3 Å². The predicted octanol–water partition coefficient (Wildman–Crippen LogP) is 1.13. The van der Waals surface area contributed by atoms with Crippen molar-refractivity contribution in [1.82, 2.24) is 0 Å². The maximum absolute atomic E-state index is 11.7. The van der Waals surface area contributed by atoms with Crippen molar-refractivity contribution in [3.63, 3.8) is 0 Å². The summed E-state index contributed by atoms with van der Waals surface area (Å²) in [6.45, 7) is 0.616. The summed E-state index contributed by atoms with van der Waals surface area (Å²) in [6, 6.07) is 3.35. The van der Waals surface area contributed by atoms with Crippen LogP contribution >= 0.6 is 0 Å². The molecule has 0 radical (unpaired) electrons. The van der Waals surface area contributed by atoms with Crippen molar-refractivity contribution < 1.29 is 24.3 Å². The number of hydrogen-bond acceptors (Lipinski definition) is 6. The number of rotatable bonds is 3. The highest BCUT2D eigenvalue weighted by molar-refractivity contribution is 6.03. The van der Waals surface area contributed by atoms with Gasteiger partial charge in [-0.05, 0) is 6.07 Å². The lowest BCUT2D eigenvalue weighted by molar-refractivity contribution is -0.384. The standard InChI is InChI=1S/C11H10N2O6/c14-9-5-7(13(16)17)1-2-8(9)12-11(15)10-6-18-3-4-19-10/h1-2,5-6,14H,3-4H2,(H,12,15). The molecule has 2 rings (SSSR count). The number of benzene rings is 1. The normalized spacial score (nSPS) is 13.8. The molecule has 0 saturated carbocycles. The third-order valence-electron chi connectivity index (χ3n) is 2.31. The highest BCUT2D eigenvalue weighted by Crippen LogP contribution is 2.28. The van der Waals surface area contributed by atoms with E-state index in [1.807, 2.05) is 0 Å². The summed E-state index contributed by atoms with van der Waals surface area (Å²) in [5.41, 5.74) is -0.224. The predicted molar refractivity (Wildman–Crippen MR) is 63.4 cm³/mol. The average Bonchev–Trinajstić information content (AvgIpc) is 2.41. The molecular formula is C11H10N2O6. The van der Waals surface area contributed by atoms with Crippen LogP contribution in [0.25, 0.3) is 0 Å². The molecule has 0 saturated heterocycles. The summed E-state index contributed by atoms with van der Waals surface area (Å²) in [5.74, 6) is -1.03. The molecule has 1 aromatic carbocycles. The number of anilines is 1. The van der Waals surface area contributed by atoms with E-state index in [0.717, 1.165) is 6.07 Å². The first-order chi connectivity index (χ1) is 9.08. The van der Waals surface area contributed by atoms with Crippen LogP contribution in [0.5, 0.6) is 5.75 Å². The fraction of sp³-hybridized carbons (Fsp3) is 0.182. The van der Waals surface area contributed by atoms with E-state index in [1.165, 1.54) is 18.4 Å². The maximum atomic E-state index is 11.7. The summed E-state index contributed by atoms with van der Waals surface area (Å²) in [5, 5.41) is 22.4. The monoisotopic (exact) mass is 266 g/mol. The van der Waals surface area contributed by atoms with Gasteiger partial charge < -0.3 is 19.9 Å². The number of carbonyl (C=O) groups is 1. The van der Waals surface area contributed by atoms with Gasteiger partial charge in [0.05, 0.1) is 16.7 Å². The quantitative estimate of drug-likeness (QED) is 0.482. The number of nitrogens with one attached hydrogen (secondary N) is 1. The van der Waals surface area contributed by atoms with Gasteiger partial charge in [-0.3, -0.25) is 14.9 Å². The summed E-state index contributed by atoms with van der Waals surface area (Å²) >= 11 is 0. The van der Waals surface area contributed by atoms with Crippen LogP contribution in [0, 0.1) is 10.1 Å². The molecule has 0 bridgehead atoms. The second-order valence-corrected chi connectivity index (χ2v) is 3.61. The number of hydrogen-bond donors (Lipinski definition) is 2. The molecule has 1 aliphatic heterocycles. The molecule has 8 heteroatoms. The molecule has 1 heterocycles. The number of nitro benzene ring substituents is 1. The Bertz CT molecular complexity index is 554. The van der Waals surface area contributed by atoms with E-state index in [0.29, 0.717) is 6.61 Å². The highest BCUT2D eigenvalue weighted by atomic mass is 16.6. The number of amides is 1. The molecule has 0 aliphatic carbocycles. The number of aromatic hydroxyl groups is 1. The lowest BCUT2D eigenvalue weighted by Gasteiger charge is -2.15. The van der Waals surface area contributed by atoms with Crippen molar-refractivity contribution in [3.8, 4) is 5.75 Å². The topological polar surface area (TPSA) is 111 Å². The largest absolute Gasteiger partial charge is 0.506 e. The number of carbonyl (C=O) groups excluding carboxylic acids is 1. The second-order valence-electron chi connectivity index (χ2n) is 3.61. The minimum absolute atomic E-state index is 0.0241. The Morgan fingerprint density at radius 2 is 2.21 bits per heavy atom. The van der Waals surface area contributed by atoms with Crippen LogP contribution in [0.2, 0.25) is 0 Å². The van der Waals surface area contributed by atoms with E-state index in [-0.39, 0.29) is 23.7 Å². The van der Waals surface area contributed by atoms with Gasteiger partial charge in [0.15, 0.2) is 0 Å². The van der Waals surface area contributed by atoms with Crippen LogP contribution in [0.4, 0.5) is 11.4 Å². The SMILES string of the molecule is O=C(Nc1ccc([N+](=O)[O-])cc1O)C1=COCCO1. The fourth-order valence-electron chi connectivity index (χ4n) is 1.41. The van der Waals surface area contributed by atoms with Gasteiger partial charge in [0.1, 0.15) is 25.2 Å². The molecule has 8 nitrogen and oxygen atoms in total. The Balaban J connectivity index is 2.13. The van der Waals surface area contributed by atoms with Gasteiger partial charge in [0.25, 0.3) is 11.6 Å². The molecular weight excluding hydrogens is 256 g/mol. The van der Waals surface area contributed by atoms with Crippen molar-refractivity contribution in [2.24, 2.45) is 0 Å². The van der Waals surface area contributed by atoms with Crippen molar-refractivity contribution in [1.29, 1.82) is 0 Å². The van der Waals surface area contributed by atoms with Gasteiger partial charge in [-0.15, -0.1) is 0 Å². The van der Waals surface area contributed by atoms with Gasteiger partial charge in [-0.2, -0.15) is 0 Å². The zero-order chi connectivity index (χ0) is 13.8. The van der Waals surface area contributed by atoms with E-state index in [9.17, 15) is 20.0 Å². The van der Waals surface area contributed by atoms with E-state index >= 15 is 0 Å².